The molecule has 0 aliphatic carbocycles. The van der Waals surface area contributed by atoms with E-state index in [1.807, 2.05) is 36.4 Å². The van der Waals surface area contributed by atoms with Gasteiger partial charge in [-0.25, -0.2) is 4.79 Å². The molecular formula is C21H22N4O4. The van der Waals surface area contributed by atoms with E-state index >= 15 is 0 Å². The highest BCUT2D eigenvalue weighted by Gasteiger charge is 2.27. The summed E-state index contributed by atoms with van der Waals surface area (Å²) in [7, 11) is 0. The number of hydrogen-bond acceptors (Lipinski definition) is 7. The van der Waals surface area contributed by atoms with Crippen molar-refractivity contribution in [2.75, 3.05) is 38.2 Å². The normalized spacial score (nSPS) is 15.7. The van der Waals surface area contributed by atoms with Gasteiger partial charge in [-0.1, -0.05) is 41.6 Å². The number of carbonyl (C=O) groups is 1. The van der Waals surface area contributed by atoms with Gasteiger partial charge in [0.15, 0.2) is 17.1 Å². The minimum absolute atomic E-state index is 0.0259. The van der Waals surface area contributed by atoms with Gasteiger partial charge in [0.05, 0.1) is 24.9 Å². The standard InChI is InChI=1S/C21H22N4O4/c26-21(27)18-19(15-6-2-1-3-7-15)29-24-20(18)23-14-17(16-8-4-5-9-22-16)25-10-12-28-13-11-25/h1-9,17H,10-14H2,(H,23,24)(H,26,27). The van der Waals surface area contributed by atoms with Gasteiger partial charge in [0.1, 0.15) is 0 Å². The molecule has 1 atom stereocenters. The average molecular weight is 394 g/mol. The van der Waals surface area contributed by atoms with E-state index in [9.17, 15) is 9.90 Å². The number of carboxylic acid groups (broad SMARTS) is 1. The number of hydrogen-bond donors (Lipinski definition) is 2. The van der Waals surface area contributed by atoms with Crippen molar-refractivity contribution < 1.29 is 19.2 Å². The molecule has 2 N–H and O–H groups in total. The zero-order valence-electron chi connectivity index (χ0n) is 15.8. The summed E-state index contributed by atoms with van der Waals surface area (Å²) >= 11 is 0. The summed E-state index contributed by atoms with van der Waals surface area (Å²) in [5.41, 5.74) is 1.60. The second-order valence-electron chi connectivity index (χ2n) is 6.71. The Labute approximate surface area is 168 Å². The quantitative estimate of drug-likeness (QED) is 0.631. The molecule has 2 aromatic heterocycles. The summed E-state index contributed by atoms with van der Waals surface area (Å²) < 4.78 is 10.8. The number of ether oxygens (including phenoxy) is 1. The van der Waals surface area contributed by atoms with E-state index in [1.165, 1.54) is 0 Å². The predicted molar refractivity (Wildman–Crippen MR) is 107 cm³/mol. The zero-order chi connectivity index (χ0) is 20.1. The van der Waals surface area contributed by atoms with Gasteiger partial charge < -0.3 is 19.7 Å². The second kappa shape index (κ2) is 8.85. The summed E-state index contributed by atoms with van der Waals surface area (Å²) in [6.07, 6.45) is 1.76. The highest BCUT2D eigenvalue weighted by atomic mass is 16.5. The number of aromatic nitrogens is 2. The molecule has 8 nitrogen and oxygen atoms in total. The lowest BCUT2D eigenvalue weighted by Crippen LogP contribution is -2.42. The topological polar surface area (TPSA) is 101 Å². The number of morpholine rings is 1. The van der Waals surface area contributed by atoms with E-state index in [0.717, 1.165) is 18.8 Å². The Balaban J connectivity index is 1.59. The predicted octanol–water partition coefficient (Wildman–Crippen LogP) is 2.92. The molecule has 0 amide bonds. The largest absolute Gasteiger partial charge is 0.477 e. The van der Waals surface area contributed by atoms with Gasteiger partial charge in [-0.05, 0) is 12.1 Å². The van der Waals surface area contributed by atoms with Crippen molar-refractivity contribution in [3.8, 4) is 11.3 Å². The van der Waals surface area contributed by atoms with E-state index in [-0.39, 0.29) is 23.2 Å². The third-order valence-corrected chi connectivity index (χ3v) is 4.92. The molecule has 1 fully saturated rings. The first-order valence-electron chi connectivity index (χ1n) is 9.49. The fourth-order valence-electron chi connectivity index (χ4n) is 3.47. The molecule has 1 aromatic carbocycles. The van der Waals surface area contributed by atoms with Crippen LogP contribution in [0.15, 0.2) is 59.3 Å². The Morgan fingerprint density at radius 2 is 1.90 bits per heavy atom. The smallest absolute Gasteiger partial charge is 0.343 e. The van der Waals surface area contributed by atoms with E-state index in [0.29, 0.717) is 25.3 Å². The number of aromatic carboxylic acids is 1. The fraction of sp³-hybridized carbons (Fsp3) is 0.286. The van der Waals surface area contributed by atoms with Crippen LogP contribution in [0.25, 0.3) is 11.3 Å². The SMILES string of the molecule is O=C(O)c1c(NCC(c2ccccn2)N2CCOCC2)noc1-c1ccccc1. The van der Waals surface area contributed by atoms with Crippen molar-refractivity contribution in [1.82, 2.24) is 15.0 Å². The number of rotatable bonds is 7. The highest BCUT2D eigenvalue weighted by molar-refractivity contribution is 5.99. The van der Waals surface area contributed by atoms with Crippen molar-refractivity contribution >= 4 is 11.8 Å². The van der Waals surface area contributed by atoms with Crippen LogP contribution in [0.4, 0.5) is 5.82 Å². The van der Waals surface area contributed by atoms with Crippen molar-refractivity contribution in [3.63, 3.8) is 0 Å². The molecule has 3 aromatic rings. The van der Waals surface area contributed by atoms with Crippen molar-refractivity contribution in [2.45, 2.75) is 6.04 Å². The summed E-state index contributed by atoms with van der Waals surface area (Å²) in [4.78, 5) is 18.7. The number of pyridine rings is 1. The van der Waals surface area contributed by atoms with Crippen molar-refractivity contribution in [3.05, 3.63) is 66.0 Å². The zero-order valence-corrected chi connectivity index (χ0v) is 15.8. The number of benzene rings is 1. The molecule has 29 heavy (non-hydrogen) atoms. The molecule has 0 saturated carbocycles. The molecule has 1 unspecified atom stereocenters. The van der Waals surface area contributed by atoms with Gasteiger partial charge in [-0.2, -0.15) is 0 Å². The number of carboxylic acids is 1. The summed E-state index contributed by atoms with van der Waals surface area (Å²) in [6, 6.07) is 14.8. The molecule has 0 radical (unpaired) electrons. The maximum atomic E-state index is 11.9. The van der Waals surface area contributed by atoms with E-state index < -0.39 is 5.97 Å². The first-order chi connectivity index (χ1) is 14.2. The molecule has 8 heteroatoms. The van der Waals surface area contributed by atoms with Crippen LogP contribution in [0, 0.1) is 0 Å². The van der Waals surface area contributed by atoms with Crippen molar-refractivity contribution in [1.29, 1.82) is 0 Å². The maximum absolute atomic E-state index is 11.9. The van der Waals surface area contributed by atoms with Crippen molar-refractivity contribution in [2.24, 2.45) is 0 Å². The van der Waals surface area contributed by atoms with Gasteiger partial charge in [0, 0.05) is 31.4 Å². The van der Waals surface area contributed by atoms with Gasteiger partial charge >= 0.3 is 5.97 Å². The molecule has 0 spiro atoms. The third-order valence-electron chi connectivity index (χ3n) is 4.92. The minimum atomic E-state index is -1.09. The maximum Gasteiger partial charge on any atom is 0.343 e. The number of nitrogens with one attached hydrogen (secondary N) is 1. The number of nitrogens with zero attached hydrogens (tertiary/aromatic N) is 3. The van der Waals surface area contributed by atoms with Gasteiger partial charge in [0.25, 0.3) is 0 Å². The molecular weight excluding hydrogens is 372 g/mol. The molecule has 1 aliphatic rings. The Bertz CT molecular complexity index is 940. The van der Waals surface area contributed by atoms with Crippen LogP contribution in [0.1, 0.15) is 22.1 Å². The van der Waals surface area contributed by atoms with E-state index in [2.05, 4.69) is 20.4 Å². The lowest BCUT2D eigenvalue weighted by molar-refractivity contribution is 0.0178. The Morgan fingerprint density at radius 3 is 2.59 bits per heavy atom. The Morgan fingerprint density at radius 1 is 1.14 bits per heavy atom. The minimum Gasteiger partial charge on any atom is -0.477 e. The molecule has 1 saturated heterocycles. The molecule has 4 rings (SSSR count). The van der Waals surface area contributed by atoms with Crippen LogP contribution in [0.2, 0.25) is 0 Å². The summed E-state index contributed by atoms with van der Waals surface area (Å²) in [6.45, 7) is 3.32. The molecule has 150 valence electrons. The van der Waals surface area contributed by atoms with Crippen LogP contribution in [-0.2, 0) is 4.74 Å². The van der Waals surface area contributed by atoms with Crippen LogP contribution in [-0.4, -0.2) is 59.0 Å². The van der Waals surface area contributed by atoms with E-state index in [1.54, 1.807) is 18.3 Å². The Kier molecular flexibility index (Phi) is 5.83. The Hall–Kier alpha value is -3.23. The highest BCUT2D eigenvalue weighted by Crippen LogP contribution is 2.30. The summed E-state index contributed by atoms with van der Waals surface area (Å²) in [5, 5.41) is 16.9. The van der Waals surface area contributed by atoms with Gasteiger partial charge in [-0.15, -0.1) is 0 Å². The average Bonchev–Trinajstić information content (AvgIpc) is 3.20. The lowest BCUT2D eigenvalue weighted by Gasteiger charge is -2.34. The van der Waals surface area contributed by atoms with Crippen LogP contribution in [0.3, 0.4) is 0 Å². The first kappa shape index (κ1) is 19.1. The summed E-state index contributed by atoms with van der Waals surface area (Å²) in [5.74, 6) is -0.639. The van der Waals surface area contributed by atoms with Gasteiger partial charge in [-0.3, -0.25) is 9.88 Å². The molecule has 1 aliphatic heterocycles. The van der Waals surface area contributed by atoms with Crippen LogP contribution in [0.5, 0.6) is 0 Å². The number of anilines is 1. The monoisotopic (exact) mass is 394 g/mol. The molecule has 3 heterocycles. The second-order valence-corrected chi connectivity index (χ2v) is 6.71. The van der Waals surface area contributed by atoms with Crippen LogP contribution < -0.4 is 5.32 Å². The fourth-order valence-corrected chi connectivity index (χ4v) is 3.47. The third kappa shape index (κ3) is 4.28. The molecule has 0 bridgehead atoms. The van der Waals surface area contributed by atoms with Gasteiger partial charge in [0.2, 0.25) is 0 Å². The lowest BCUT2D eigenvalue weighted by atomic mass is 10.1. The van der Waals surface area contributed by atoms with E-state index in [4.69, 9.17) is 9.26 Å². The van der Waals surface area contributed by atoms with Crippen LogP contribution >= 0.6 is 0 Å². The first-order valence-corrected chi connectivity index (χ1v) is 9.49.